The summed E-state index contributed by atoms with van der Waals surface area (Å²) in [4.78, 5) is 6.65. The fourth-order valence-corrected chi connectivity index (χ4v) is 2.06. The molecule has 0 spiro atoms. The van der Waals surface area contributed by atoms with Gasteiger partial charge in [0.15, 0.2) is 0 Å². The van der Waals surface area contributed by atoms with Gasteiger partial charge in [-0.1, -0.05) is 6.07 Å². The lowest BCUT2D eigenvalue weighted by Gasteiger charge is -2.26. The summed E-state index contributed by atoms with van der Waals surface area (Å²) in [7, 11) is 0. The molecule has 0 bridgehead atoms. The minimum atomic E-state index is -0.813. The van der Waals surface area contributed by atoms with Crippen molar-refractivity contribution in [2.45, 2.75) is 32.3 Å². The lowest BCUT2D eigenvalue weighted by Crippen LogP contribution is -2.26. The molecule has 1 aromatic rings. The number of hydrogen-bond donors (Lipinski definition) is 1. The fraction of sp³-hybridized carbons (Fsp3) is 0.583. The van der Waals surface area contributed by atoms with Crippen molar-refractivity contribution < 1.29 is 5.11 Å². The Labute approximate surface area is 90.8 Å². The van der Waals surface area contributed by atoms with Gasteiger partial charge in [0.25, 0.3) is 0 Å². The third kappa shape index (κ3) is 2.12. The van der Waals surface area contributed by atoms with Crippen molar-refractivity contribution in [2.24, 2.45) is 0 Å². The molecule has 82 valence electrons. The zero-order chi connectivity index (χ0) is 10.9. The van der Waals surface area contributed by atoms with Gasteiger partial charge in [-0.25, -0.2) is 4.98 Å². The van der Waals surface area contributed by atoms with Crippen molar-refractivity contribution in [3.8, 4) is 0 Å². The second-order valence-electron chi connectivity index (χ2n) is 4.63. The number of aromatic nitrogens is 1. The number of nitrogens with zero attached hydrogens (tertiary/aromatic N) is 2. The summed E-state index contributed by atoms with van der Waals surface area (Å²) in [5.74, 6) is 0.947. The summed E-state index contributed by atoms with van der Waals surface area (Å²) in [6.45, 7) is 5.73. The number of pyridine rings is 1. The molecular weight excluding hydrogens is 188 g/mol. The molecule has 0 amide bonds. The molecule has 0 aliphatic carbocycles. The van der Waals surface area contributed by atoms with Crippen LogP contribution in [0.5, 0.6) is 0 Å². The quantitative estimate of drug-likeness (QED) is 0.803. The van der Waals surface area contributed by atoms with Crippen molar-refractivity contribution in [2.75, 3.05) is 18.0 Å². The Hall–Kier alpha value is -1.09. The Balaban J connectivity index is 2.37. The Morgan fingerprint density at radius 2 is 2.00 bits per heavy atom. The van der Waals surface area contributed by atoms with E-state index in [1.165, 1.54) is 12.8 Å². The molecule has 3 heteroatoms. The van der Waals surface area contributed by atoms with Crippen molar-refractivity contribution in [3.63, 3.8) is 0 Å². The summed E-state index contributed by atoms with van der Waals surface area (Å²) >= 11 is 0. The average Bonchev–Trinajstić information content (AvgIpc) is 2.69. The molecule has 0 saturated carbocycles. The molecule has 1 aliphatic heterocycles. The van der Waals surface area contributed by atoms with Gasteiger partial charge in [0.2, 0.25) is 0 Å². The predicted octanol–water partition coefficient (Wildman–Crippen LogP) is 1.91. The molecule has 0 unspecified atom stereocenters. The lowest BCUT2D eigenvalue weighted by atomic mass is 9.99. The maximum atomic E-state index is 10.1. The van der Waals surface area contributed by atoms with E-state index in [2.05, 4.69) is 9.88 Å². The summed E-state index contributed by atoms with van der Waals surface area (Å²) in [5.41, 5.74) is 0.110. The Bertz CT molecular complexity index is 338. The standard InChI is InChI=1S/C12H18N2O/c1-12(2,15)10-6-5-7-13-11(10)14-8-3-4-9-14/h5-7,15H,3-4,8-9H2,1-2H3. The molecule has 1 saturated heterocycles. The molecule has 2 heterocycles. The van der Waals surface area contributed by atoms with Crippen LogP contribution in [0.3, 0.4) is 0 Å². The smallest absolute Gasteiger partial charge is 0.134 e. The van der Waals surface area contributed by atoms with Crippen LogP contribution in [0.15, 0.2) is 18.3 Å². The van der Waals surface area contributed by atoms with Crippen molar-refractivity contribution in [1.29, 1.82) is 0 Å². The highest BCUT2D eigenvalue weighted by molar-refractivity contribution is 5.49. The second-order valence-corrected chi connectivity index (χ2v) is 4.63. The van der Waals surface area contributed by atoms with E-state index in [-0.39, 0.29) is 0 Å². The normalized spacial score (nSPS) is 17.1. The Morgan fingerprint density at radius 3 is 2.60 bits per heavy atom. The van der Waals surface area contributed by atoms with Crippen LogP contribution in [0.2, 0.25) is 0 Å². The molecule has 1 aliphatic rings. The lowest BCUT2D eigenvalue weighted by molar-refractivity contribution is 0.0787. The van der Waals surface area contributed by atoms with E-state index < -0.39 is 5.60 Å². The third-order valence-electron chi connectivity index (χ3n) is 2.85. The van der Waals surface area contributed by atoms with Crippen molar-refractivity contribution >= 4 is 5.82 Å². The molecule has 15 heavy (non-hydrogen) atoms. The van der Waals surface area contributed by atoms with Crippen LogP contribution in [0.4, 0.5) is 5.82 Å². The zero-order valence-electron chi connectivity index (χ0n) is 9.40. The first kappa shape index (κ1) is 10.4. The van der Waals surface area contributed by atoms with Crippen LogP contribution in [-0.2, 0) is 5.60 Å². The molecule has 1 N–H and O–H groups in total. The molecular formula is C12H18N2O. The van der Waals surface area contributed by atoms with Crippen LogP contribution < -0.4 is 4.90 Å². The minimum Gasteiger partial charge on any atom is -0.386 e. The highest BCUT2D eigenvalue weighted by Crippen LogP contribution is 2.29. The van der Waals surface area contributed by atoms with Crippen LogP contribution >= 0.6 is 0 Å². The highest BCUT2D eigenvalue weighted by Gasteiger charge is 2.25. The van der Waals surface area contributed by atoms with Gasteiger partial charge in [0.1, 0.15) is 5.82 Å². The molecule has 1 fully saturated rings. The molecule has 0 atom stereocenters. The SMILES string of the molecule is CC(C)(O)c1cccnc1N1CCCC1. The van der Waals surface area contributed by atoms with Crippen molar-refractivity contribution in [3.05, 3.63) is 23.9 Å². The van der Waals surface area contributed by atoms with E-state index in [0.29, 0.717) is 0 Å². The summed E-state index contributed by atoms with van der Waals surface area (Å²) in [5, 5.41) is 10.1. The minimum absolute atomic E-state index is 0.813. The molecule has 3 nitrogen and oxygen atoms in total. The van der Waals surface area contributed by atoms with Gasteiger partial charge < -0.3 is 10.0 Å². The van der Waals surface area contributed by atoms with Crippen LogP contribution in [0.25, 0.3) is 0 Å². The van der Waals surface area contributed by atoms with Gasteiger partial charge >= 0.3 is 0 Å². The van der Waals surface area contributed by atoms with Gasteiger partial charge in [0.05, 0.1) is 5.60 Å². The van der Waals surface area contributed by atoms with Gasteiger partial charge in [-0.15, -0.1) is 0 Å². The predicted molar refractivity (Wildman–Crippen MR) is 60.9 cm³/mol. The van der Waals surface area contributed by atoms with E-state index >= 15 is 0 Å². The Kier molecular flexibility index (Phi) is 2.65. The number of hydrogen-bond acceptors (Lipinski definition) is 3. The molecule has 0 aromatic carbocycles. The fourth-order valence-electron chi connectivity index (χ4n) is 2.06. The van der Waals surface area contributed by atoms with E-state index in [1.807, 2.05) is 26.0 Å². The van der Waals surface area contributed by atoms with Crippen molar-refractivity contribution in [1.82, 2.24) is 4.98 Å². The van der Waals surface area contributed by atoms with Gasteiger partial charge in [-0.05, 0) is 32.8 Å². The molecule has 1 aromatic heterocycles. The van der Waals surface area contributed by atoms with E-state index in [4.69, 9.17) is 0 Å². The summed E-state index contributed by atoms with van der Waals surface area (Å²) < 4.78 is 0. The number of rotatable bonds is 2. The van der Waals surface area contributed by atoms with E-state index in [1.54, 1.807) is 6.20 Å². The monoisotopic (exact) mass is 206 g/mol. The summed E-state index contributed by atoms with van der Waals surface area (Å²) in [6.07, 6.45) is 4.24. The highest BCUT2D eigenvalue weighted by atomic mass is 16.3. The van der Waals surface area contributed by atoms with Gasteiger partial charge in [-0.2, -0.15) is 0 Å². The largest absolute Gasteiger partial charge is 0.386 e. The summed E-state index contributed by atoms with van der Waals surface area (Å²) in [6, 6.07) is 3.84. The van der Waals surface area contributed by atoms with E-state index in [9.17, 15) is 5.11 Å². The van der Waals surface area contributed by atoms with Crippen LogP contribution in [0, 0.1) is 0 Å². The first-order valence-electron chi connectivity index (χ1n) is 5.52. The Morgan fingerprint density at radius 1 is 1.33 bits per heavy atom. The molecule has 0 radical (unpaired) electrons. The molecule has 2 rings (SSSR count). The van der Waals surface area contributed by atoms with Gasteiger partial charge in [0, 0.05) is 24.8 Å². The van der Waals surface area contributed by atoms with E-state index in [0.717, 1.165) is 24.5 Å². The topological polar surface area (TPSA) is 36.4 Å². The average molecular weight is 206 g/mol. The van der Waals surface area contributed by atoms with Crippen LogP contribution in [0.1, 0.15) is 32.3 Å². The maximum Gasteiger partial charge on any atom is 0.134 e. The second kappa shape index (κ2) is 3.81. The first-order valence-corrected chi connectivity index (χ1v) is 5.52. The first-order chi connectivity index (χ1) is 7.09. The number of aliphatic hydroxyl groups is 1. The van der Waals surface area contributed by atoms with Gasteiger partial charge in [-0.3, -0.25) is 0 Å². The van der Waals surface area contributed by atoms with Crippen LogP contribution in [-0.4, -0.2) is 23.2 Å². The third-order valence-corrected chi connectivity index (χ3v) is 2.85. The zero-order valence-corrected chi connectivity index (χ0v) is 9.40. The maximum absolute atomic E-state index is 10.1. The number of anilines is 1.